The zero-order valence-electron chi connectivity index (χ0n) is 21.3. The van der Waals surface area contributed by atoms with Crippen LogP contribution in [-0.4, -0.2) is 67.1 Å². The number of hydrogen-bond donors (Lipinski definition) is 2. The molecular formula is C26H30N6O6. The molecule has 0 aliphatic carbocycles. The lowest BCUT2D eigenvalue weighted by atomic mass is 10.1. The molecule has 0 radical (unpaired) electrons. The number of anilines is 1. The number of nitrogens with one attached hydrogen (secondary N) is 2. The van der Waals surface area contributed by atoms with Gasteiger partial charge in [-0.15, -0.1) is 0 Å². The van der Waals surface area contributed by atoms with Crippen LogP contribution < -0.4 is 25.8 Å². The fraction of sp³-hybridized carbons (Fsp3) is 0.346. The van der Waals surface area contributed by atoms with Crippen LogP contribution >= 0.6 is 0 Å². The number of methoxy groups -OCH3 is 1. The molecular weight excluding hydrogens is 492 g/mol. The molecule has 1 aliphatic heterocycles. The molecule has 0 spiro atoms. The van der Waals surface area contributed by atoms with Gasteiger partial charge >= 0.3 is 0 Å². The van der Waals surface area contributed by atoms with Gasteiger partial charge in [0.25, 0.3) is 11.2 Å². The Morgan fingerprint density at radius 2 is 1.95 bits per heavy atom. The summed E-state index contributed by atoms with van der Waals surface area (Å²) in [5.41, 5.74) is 1.61. The molecule has 12 heteroatoms. The van der Waals surface area contributed by atoms with Gasteiger partial charge in [0.15, 0.2) is 0 Å². The fourth-order valence-electron chi connectivity index (χ4n) is 4.16. The molecule has 2 heterocycles. The summed E-state index contributed by atoms with van der Waals surface area (Å²) in [7, 11) is 1.55. The average molecular weight is 523 g/mol. The van der Waals surface area contributed by atoms with Crippen molar-refractivity contribution in [2.45, 2.75) is 13.5 Å². The molecule has 2 N–H and O–H groups in total. The first-order chi connectivity index (χ1) is 18.4. The molecule has 0 bridgehead atoms. The highest BCUT2D eigenvalue weighted by atomic mass is 16.6. The lowest BCUT2D eigenvalue weighted by molar-refractivity contribution is -0.384. The van der Waals surface area contributed by atoms with Gasteiger partial charge in [-0.2, -0.15) is 9.78 Å². The molecule has 1 aliphatic rings. The second-order valence-corrected chi connectivity index (χ2v) is 8.69. The quantitative estimate of drug-likeness (QED) is 0.232. The van der Waals surface area contributed by atoms with Gasteiger partial charge in [0.2, 0.25) is 5.91 Å². The SMILES string of the molecule is COc1cccc(-c2cc(CNCCNC(C)=O)c(=O)n(-c3cc(N4CCOCC4)ccc3[N+](=O)[O-])n2)c1. The Morgan fingerprint density at radius 3 is 2.66 bits per heavy atom. The maximum absolute atomic E-state index is 13.6. The van der Waals surface area contributed by atoms with Crippen LogP contribution in [0.4, 0.5) is 11.4 Å². The van der Waals surface area contributed by atoms with E-state index in [2.05, 4.69) is 20.6 Å². The number of nitro groups is 1. The summed E-state index contributed by atoms with van der Waals surface area (Å²) in [5, 5.41) is 22.4. The predicted molar refractivity (Wildman–Crippen MR) is 142 cm³/mol. The molecule has 12 nitrogen and oxygen atoms in total. The third-order valence-electron chi connectivity index (χ3n) is 6.10. The summed E-state index contributed by atoms with van der Waals surface area (Å²) in [4.78, 5) is 38.3. The summed E-state index contributed by atoms with van der Waals surface area (Å²) >= 11 is 0. The summed E-state index contributed by atoms with van der Waals surface area (Å²) in [6, 6.07) is 13.6. The number of rotatable bonds is 10. The van der Waals surface area contributed by atoms with Crippen LogP contribution in [-0.2, 0) is 16.1 Å². The van der Waals surface area contributed by atoms with Crippen LogP contribution in [0.1, 0.15) is 12.5 Å². The van der Waals surface area contributed by atoms with E-state index in [1.807, 2.05) is 6.07 Å². The van der Waals surface area contributed by atoms with E-state index in [4.69, 9.17) is 9.47 Å². The lowest BCUT2D eigenvalue weighted by Crippen LogP contribution is -2.36. The van der Waals surface area contributed by atoms with Crippen molar-refractivity contribution in [2.24, 2.45) is 0 Å². The largest absolute Gasteiger partial charge is 0.497 e. The fourth-order valence-corrected chi connectivity index (χ4v) is 4.16. The highest BCUT2D eigenvalue weighted by molar-refractivity contribution is 5.72. The van der Waals surface area contributed by atoms with Crippen LogP contribution in [0.25, 0.3) is 16.9 Å². The second-order valence-electron chi connectivity index (χ2n) is 8.69. The maximum Gasteiger partial charge on any atom is 0.295 e. The van der Waals surface area contributed by atoms with Crippen molar-refractivity contribution in [1.29, 1.82) is 0 Å². The third-order valence-corrected chi connectivity index (χ3v) is 6.10. The van der Waals surface area contributed by atoms with Gasteiger partial charge in [0.05, 0.1) is 30.9 Å². The van der Waals surface area contributed by atoms with Gasteiger partial charge < -0.3 is 25.0 Å². The van der Waals surface area contributed by atoms with Crippen molar-refractivity contribution in [3.05, 3.63) is 74.6 Å². The van der Waals surface area contributed by atoms with E-state index < -0.39 is 10.5 Å². The Labute approximate surface area is 219 Å². The minimum absolute atomic E-state index is 0.0771. The first-order valence-corrected chi connectivity index (χ1v) is 12.2. The molecule has 1 amide bonds. The van der Waals surface area contributed by atoms with Crippen LogP contribution in [0.15, 0.2) is 53.3 Å². The van der Waals surface area contributed by atoms with Gasteiger partial charge in [-0.3, -0.25) is 19.7 Å². The number of morpholine rings is 1. The molecule has 3 aromatic rings. The van der Waals surface area contributed by atoms with Crippen LogP contribution in [0, 0.1) is 10.1 Å². The van der Waals surface area contributed by atoms with Gasteiger partial charge in [0, 0.05) is 62.5 Å². The topological polar surface area (TPSA) is 141 Å². The minimum Gasteiger partial charge on any atom is -0.497 e. The van der Waals surface area contributed by atoms with E-state index >= 15 is 0 Å². The predicted octanol–water partition coefficient (Wildman–Crippen LogP) is 1.88. The maximum atomic E-state index is 13.6. The molecule has 2 aromatic carbocycles. The van der Waals surface area contributed by atoms with E-state index in [1.54, 1.807) is 43.5 Å². The first kappa shape index (κ1) is 26.8. The molecule has 38 heavy (non-hydrogen) atoms. The monoisotopic (exact) mass is 522 g/mol. The van der Waals surface area contributed by atoms with Crippen molar-refractivity contribution >= 4 is 17.3 Å². The molecule has 0 unspecified atom stereocenters. The van der Waals surface area contributed by atoms with E-state index in [0.717, 1.165) is 10.4 Å². The number of benzene rings is 2. The van der Waals surface area contributed by atoms with E-state index in [-0.39, 0.29) is 23.8 Å². The number of nitro benzene ring substituents is 1. The smallest absolute Gasteiger partial charge is 0.295 e. The summed E-state index contributed by atoms with van der Waals surface area (Å²) in [6.07, 6.45) is 0. The second kappa shape index (κ2) is 12.3. The van der Waals surface area contributed by atoms with Crippen molar-refractivity contribution in [3.8, 4) is 22.7 Å². The van der Waals surface area contributed by atoms with Crippen molar-refractivity contribution < 1.29 is 19.2 Å². The molecule has 0 atom stereocenters. The Balaban J connectivity index is 1.81. The van der Waals surface area contributed by atoms with Gasteiger partial charge in [0.1, 0.15) is 11.4 Å². The number of carbonyl (C=O) groups is 1. The van der Waals surface area contributed by atoms with Gasteiger partial charge in [-0.25, -0.2) is 0 Å². The first-order valence-electron chi connectivity index (χ1n) is 12.2. The normalized spacial score (nSPS) is 13.3. The Hall–Kier alpha value is -4.29. The zero-order chi connectivity index (χ0) is 27.1. The molecule has 1 aromatic heterocycles. The van der Waals surface area contributed by atoms with Gasteiger partial charge in [-0.05, 0) is 30.3 Å². The van der Waals surface area contributed by atoms with Crippen LogP contribution in [0.5, 0.6) is 5.75 Å². The number of hydrogen-bond acceptors (Lipinski definition) is 9. The zero-order valence-corrected chi connectivity index (χ0v) is 21.3. The number of amides is 1. The van der Waals surface area contributed by atoms with Crippen LogP contribution in [0.3, 0.4) is 0 Å². The van der Waals surface area contributed by atoms with Crippen LogP contribution in [0.2, 0.25) is 0 Å². The lowest BCUT2D eigenvalue weighted by Gasteiger charge is -2.29. The highest BCUT2D eigenvalue weighted by Gasteiger charge is 2.23. The third kappa shape index (κ3) is 6.33. The Morgan fingerprint density at radius 1 is 1.16 bits per heavy atom. The molecule has 4 rings (SSSR count). The van der Waals surface area contributed by atoms with E-state index in [1.165, 1.54) is 13.0 Å². The number of carbonyl (C=O) groups excluding carboxylic acids is 1. The van der Waals surface area contributed by atoms with Crippen molar-refractivity contribution in [1.82, 2.24) is 20.4 Å². The highest BCUT2D eigenvalue weighted by Crippen LogP contribution is 2.29. The summed E-state index contributed by atoms with van der Waals surface area (Å²) < 4.78 is 11.9. The Kier molecular flexibility index (Phi) is 8.66. The standard InChI is InChI=1S/C26H30N6O6/c1-18(33)28-9-8-27-17-20-15-23(19-4-3-5-22(14-19)37-2)29-31(26(20)34)25-16-21(6-7-24(25)32(35)36)30-10-12-38-13-11-30/h3-7,14-16,27H,8-13,17H2,1-2H3,(H,28,33). The van der Waals surface area contributed by atoms with Crippen molar-refractivity contribution in [2.75, 3.05) is 51.4 Å². The molecule has 1 fully saturated rings. The Bertz CT molecular complexity index is 1370. The number of nitrogens with zero attached hydrogens (tertiary/aromatic N) is 4. The average Bonchev–Trinajstić information content (AvgIpc) is 2.93. The number of ether oxygens (including phenoxy) is 2. The van der Waals surface area contributed by atoms with Crippen molar-refractivity contribution in [3.63, 3.8) is 0 Å². The van der Waals surface area contributed by atoms with Gasteiger partial charge in [-0.1, -0.05) is 12.1 Å². The number of aromatic nitrogens is 2. The summed E-state index contributed by atoms with van der Waals surface area (Å²) in [5.74, 6) is 0.461. The molecule has 1 saturated heterocycles. The minimum atomic E-state index is -0.518. The molecule has 0 saturated carbocycles. The van der Waals surface area contributed by atoms with E-state index in [9.17, 15) is 19.7 Å². The summed E-state index contributed by atoms with van der Waals surface area (Å²) in [6.45, 7) is 4.79. The van der Waals surface area contributed by atoms with E-state index in [0.29, 0.717) is 62.0 Å². The molecule has 200 valence electrons.